The van der Waals surface area contributed by atoms with Crippen LogP contribution in [0.25, 0.3) is 0 Å². The van der Waals surface area contributed by atoms with Crippen LogP contribution in [0.1, 0.15) is 42.6 Å². The molecular formula is C18H22F3N3O2. The van der Waals surface area contributed by atoms with Crippen LogP contribution in [0.2, 0.25) is 0 Å². The summed E-state index contributed by atoms with van der Waals surface area (Å²) in [6.07, 6.45) is -3.67. The van der Waals surface area contributed by atoms with Gasteiger partial charge in [-0.2, -0.15) is 13.2 Å². The molecule has 0 spiro atoms. The van der Waals surface area contributed by atoms with E-state index >= 15 is 0 Å². The fraction of sp³-hybridized carbons (Fsp3) is 0.556. The molecule has 1 N–H and O–H groups in total. The van der Waals surface area contributed by atoms with Crippen molar-refractivity contribution in [1.29, 1.82) is 0 Å². The highest BCUT2D eigenvalue weighted by molar-refractivity contribution is 5.99. The smallest absolute Gasteiger partial charge is 0.336 e. The van der Waals surface area contributed by atoms with Gasteiger partial charge in [-0.1, -0.05) is 0 Å². The molecule has 2 aliphatic heterocycles. The van der Waals surface area contributed by atoms with Gasteiger partial charge in [0.2, 0.25) is 5.91 Å². The number of alkyl halides is 3. The number of piperazine rings is 1. The van der Waals surface area contributed by atoms with Crippen LogP contribution in [-0.2, 0) is 11.0 Å². The molecule has 0 aliphatic carbocycles. The van der Waals surface area contributed by atoms with E-state index in [9.17, 15) is 22.8 Å². The Kier molecular flexibility index (Phi) is 4.72. The summed E-state index contributed by atoms with van der Waals surface area (Å²) in [5.41, 5.74) is -1.11. The number of hydrogen-bond acceptors (Lipinski definition) is 3. The average molecular weight is 369 g/mol. The third-order valence-corrected chi connectivity index (χ3v) is 4.74. The number of anilines is 1. The number of amides is 2. The Hall–Kier alpha value is -2.09. The molecule has 142 valence electrons. The van der Waals surface area contributed by atoms with Gasteiger partial charge in [0.15, 0.2) is 0 Å². The quantitative estimate of drug-likeness (QED) is 0.872. The molecule has 1 aromatic rings. The zero-order chi connectivity index (χ0) is 19.1. The first-order valence-corrected chi connectivity index (χ1v) is 8.64. The molecule has 0 bridgehead atoms. The van der Waals surface area contributed by atoms with Crippen molar-refractivity contribution in [3.05, 3.63) is 29.3 Å². The van der Waals surface area contributed by atoms with E-state index in [4.69, 9.17) is 0 Å². The van der Waals surface area contributed by atoms with Crippen LogP contribution in [0.15, 0.2) is 18.2 Å². The number of carbonyl (C=O) groups is 2. The van der Waals surface area contributed by atoms with Crippen molar-refractivity contribution in [2.45, 2.75) is 38.4 Å². The van der Waals surface area contributed by atoms with E-state index in [1.54, 1.807) is 4.90 Å². The van der Waals surface area contributed by atoms with E-state index in [0.717, 1.165) is 12.1 Å². The third-order valence-electron chi connectivity index (χ3n) is 4.74. The van der Waals surface area contributed by atoms with Gasteiger partial charge in [0.1, 0.15) is 0 Å². The molecule has 0 aromatic heterocycles. The number of hydrogen-bond donors (Lipinski definition) is 1. The summed E-state index contributed by atoms with van der Waals surface area (Å²) in [5.74, 6) is -0.662. The fourth-order valence-corrected chi connectivity index (χ4v) is 3.47. The highest BCUT2D eigenvalue weighted by Crippen LogP contribution is 2.34. The molecule has 2 aliphatic rings. The Labute approximate surface area is 150 Å². The maximum absolute atomic E-state index is 13.3. The summed E-state index contributed by atoms with van der Waals surface area (Å²) in [5, 5.41) is 3.27. The fourth-order valence-electron chi connectivity index (χ4n) is 3.47. The van der Waals surface area contributed by atoms with Crippen molar-refractivity contribution in [1.82, 2.24) is 10.2 Å². The number of carbonyl (C=O) groups excluding carboxylic acids is 2. The predicted octanol–water partition coefficient (Wildman–Crippen LogP) is 2.66. The van der Waals surface area contributed by atoms with Gasteiger partial charge in [-0.05, 0) is 38.5 Å². The van der Waals surface area contributed by atoms with Gasteiger partial charge in [-0.25, -0.2) is 0 Å². The molecule has 0 saturated carbocycles. The van der Waals surface area contributed by atoms with Crippen molar-refractivity contribution in [3.63, 3.8) is 0 Å². The zero-order valence-corrected chi connectivity index (χ0v) is 14.8. The van der Waals surface area contributed by atoms with Crippen LogP contribution in [0.5, 0.6) is 0 Å². The molecule has 5 nitrogen and oxygen atoms in total. The highest BCUT2D eigenvalue weighted by Gasteiger charge is 2.35. The standard InChI is InChI=1S/C18H22F3N3O2/c1-17(2)11-23(7-5-22-17)16(26)12-8-13(18(19,20)21)10-14(9-12)24-6-3-4-15(24)25/h8-10,22H,3-7,11H2,1-2H3. The summed E-state index contributed by atoms with van der Waals surface area (Å²) in [6, 6.07) is 3.22. The van der Waals surface area contributed by atoms with Crippen LogP contribution in [0.4, 0.5) is 18.9 Å². The number of nitrogens with one attached hydrogen (secondary N) is 1. The molecule has 2 amide bonds. The van der Waals surface area contributed by atoms with Crippen LogP contribution in [0, 0.1) is 0 Å². The van der Waals surface area contributed by atoms with Gasteiger partial charge in [0.25, 0.3) is 5.91 Å². The van der Waals surface area contributed by atoms with E-state index in [0.29, 0.717) is 39.0 Å². The minimum absolute atomic E-state index is 0.0350. The number of halogens is 3. The van der Waals surface area contributed by atoms with Crippen molar-refractivity contribution in [2.24, 2.45) is 0 Å². The van der Waals surface area contributed by atoms with E-state index in [-0.39, 0.29) is 22.7 Å². The number of nitrogens with zero attached hydrogens (tertiary/aromatic N) is 2. The van der Waals surface area contributed by atoms with E-state index in [1.165, 1.54) is 11.0 Å². The van der Waals surface area contributed by atoms with Crippen molar-refractivity contribution >= 4 is 17.5 Å². The lowest BCUT2D eigenvalue weighted by Gasteiger charge is -2.39. The topological polar surface area (TPSA) is 52.7 Å². The second-order valence-corrected chi connectivity index (χ2v) is 7.45. The second kappa shape index (κ2) is 6.57. The molecule has 8 heteroatoms. The molecular weight excluding hydrogens is 347 g/mol. The van der Waals surface area contributed by atoms with Crippen molar-refractivity contribution in [2.75, 3.05) is 31.1 Å². The molecule has 1 aromatic carbocycles. The SMILES string of the molecule is CC1(C)CN(C(=O)c2cc(N3CCCC3=O)cc(C(F)(F)F)c2)CCN1. The van der Waals surface area contributed by atoms with E-state index in [2.05, 4.69) is 5.32 Å². The van der Waals surface area contributed by atoms with Gasteiger partial charge < -0.3 is 15.1 Å². The van der Waals surface area contributed by atoms with Crippen LogP contribution < -0.4 is 10.2 Å². The summed E-state index contributed by atoms with van der Waals surface area (Å²) < 4.78 is 40.0. The van der Waals surface area contributed by atoms with Crippen LogP contribution >= 0.6 is 0 Å². The van der Waals surface area contributed by atoms with Gasteiger partial charge in [-0.15, -0.1) is 0 Å². The molecule has 2 saturated heterocycles. The Morgan fingerprint density at radius 3 is 2.50 bits per heavy atom. The summed E-state index contributed by atoms with van der Waals surface area (Å²) in [7, 11) is 0. The van der Waals surface area contributed by atoms with Crippen molar-refractivity contribution < 1.29 is 22.8 Å². The molecule has 0 unspecified atom stereocenters. The Morgan fingerprint density at radius 1 is 1.19 bits per heavy atom. The van der Waals surface area contributed by atoms with Crippen LogP contribution in [0.3, 0.4) is 0 Å². The van der Waals surface area contributed by atoms with Gasteiger partial charge in [0.05, 0.1) is 5.56 Å². The first kappa shape index (κ1) is 18.7. The molecule has 2 heterocycles. The minimum Gasteiger partial charge on any atom is -0.336 e. The zero-order valence-electron chi connectivity index (χ0n) is 14.8. The monoisotopic (exact) mass is 369 g/mol. The lowest BCUT2D eigenvalue weighted by molar-refractivity contribution is -0.137. The average Bonchev–Trinajstić information content (AvgIpc) is 2.98. The first-order chi connectivity index (χ1) is 12.1. The minimum atomic E-state index is -4.59. The normalized spacial score (nSPS) is 20.6. The maximum Gasteiger partial charge on any atom is 0.416 e. The van der Waals surface area contributed by atoms with E-state index in [1.807, 2.05) is 13.8 Å². The Morgan fingerprint density at radius 2 is 1.92 bits per heavy atom. The number of rotatable bonds is 2. The van der Waals surface area contributed by atoms with Crippen LogP contribution in [-0.4, -0.2) is 48.4 Å². The van der Waals surface area contributed by atoms with Gasteiger partial charge in [0, 0.05) is 49.4 Å². The predicted molar refractivity (Wildman–Crippen MR) is 91.0 cm³/mol. The second-order valence-electron chi connectivity index (χ2n) is 7.45. The van der Waals surface area contributed by atoms with Gasteiger partial charge in [-0.3, -0.25) is 9.59 Å². The lowest BCUT2D eigenvalue weighted by Crippen LogP contribution is -2.58. The molecule has 26 heavy (non-hydrogen) atoms. The molecule has 2 fully saturated rings. The largest absolute Gasteiger partial charge is 0.416 e. The summed E-state index contributed by atoms with van der Waals surface area (Å²) in [4.78, 5) is 27.7. The lowest BCUT2D eigenvalue weighted by atomic mass is 10.0. The number of benzene rings is 1. The molecule has 0 radical (unpaired) electrons. The first-order valence-electron chi connectivity index (χ1n) is 8.64. The third kappa shape index (κ3) is 3.85. The van der Waals surface area contributed by atoms with Crippen molar-refractivity contribution in [3.8, 4) is 0 Å². The van der Waals surface area contributed by atoms with Gasteiger partial charge >= 0.3 is 6.18 Å². The Balaban J connectivity index is 1.97. The maximum atomic E-state index is 13.3. The summed E-state index contributed by atoms with van der Waals surface area (Å²) >= 11 is 0. The van der Waals surface area contributed by atoms with E-state index < -0.39 is 17.6 Å². The summed E-state index contributed by atoms with van der Waals surface area (Å²) in [6.45, 7) is 5.65. The Bertz CT molecular complexity index is 731. The molecule has 3 rings (SSSR count). The molecule has 0 atom stereocenters. The highest BCUT2D eigenvalue weighted by atomic mass is 19.4.